The lowest BCUT2D eigenvalue weighted by atomic mass is 10.1. The number of nitrogens with zero attached hydrogens (tertiary/aromatic N) is 1. The van der Waals surface area contributed by atoms with Gasteiger partial charge in [0.25, 0.3) is 0 Å². The highest BCUT2D eigenvalue weighted by molar-refractivity contribution is 7.13. The summed E-state index contributed by atoms with van der Waals surface area (Å²) < 4.78 is 0. The average Bonchev–Trinajstić information content (AvgIpc) is 2.56. The fraction of sp³-hybridized carbons (Fsp3) is 0.182. The molecule has 2 heterocycles. The van der Waals surface area contributed by atoms with Crippen molar-refractivity contribution in [3.05, 3.63) is 40.9 Å². The molecule has 0 N–H and O–H groups in total. The van der Waals surface area contributed by atoms with Gasteiger partial charge < -0.3 is 0 Å². The Morgan fingerprint density at radius 3 is 2.77 bits per heavy atom. The van der Waals surface area contributed by atoms with E-state index < -0.39 is 0 Å². The highest BCUT2D eigenvalue weighted by Gasteiger charge is 2.03. The second-order valence-electron chi connectivity index (χ2n) is 3.16. The summed E-state index contributed by atoms with van der Waals surface area (Å²) in [5.74, 6) is 0. The van der Waals surface area contributed by atoms with Gasteiger partial charge in [0.15, 0.2) is 0 Å². The lowest BCUT2D eigenvalue weighted by Gasteiger charge is -2.02. The molecule has 0 aliphatic rings. The van der Waals surface area contributed by atoms with Gasteiger partial charge in [-0.25, -0.2) is 0 Å². The molecule has 13 heavy (non-hydrogen) atoms. The average molecular weight is 189 g/mol. The number of thiophene rings is 1. The van der Waals surface area contributed by atoms with Gasteiger partial charge in [0.05, 0.1) is 10.6 Å². The largest absolute Gasteiger partial charge is 0.255 e. The summed E-state index contributed by atoms with van der Waals surface area (Å²) in [5.41, 5.74) is 3.58. The topological polar surface area (TPSA) is 12.9 Å². The van der Waals surface area contributed by atoms with E-state index in [0.717, 1.165) is 5.69 Å². The molecule has 0 amide bonds. The van der Waals surface area contributed by atoms with E-state index >= 15 is 0 Å². The molecule has 0 aliphatic carbocycles. The fourth-order valence-corrected chi connectivity index (χ4v) is 2.17. The maximum Gasteiger partial charge on any atom is 0.0830 e. The third-order valence-corrected chi connectivity index (χ3v) is 2.85. The molecule has 0 bridgehead atoms. The zero-order valence-corrected chi connectivity index (χ0v) is 8.56. The van der Waals surface area contributed by atoms with Crippen LogP contribution in [0.2, 0.25) is 0 Å². The predicted molar refractivity (Wildman–Crippen MR) is 57.0 cm³/mol. The first-order chi connectivity index (χ1) is 6.27. The van der Waals surface area contributed by atoms with Gasteiger partial charge in [-0.15, -0.1) is 11.3 Å². The number of pyridine rings is 1. The Morgan fingerprint density at radius 1 is 1.31 bits per heavy atom. The maximum atomic E-state index is 4.43. The van der Waals surface area contributed by atoms with Crippen molar-refractivity contribution < 1.29 is 0 Å². The van der Waals surface area contributed by atoms with Crippen molar-refractivity contribution in [1.82, 2.24) is 4.98 Å². The van der Waals surface area contributed by atoms with Gasteiger partial charge in [-0.05, 0) is 36.4 Å². The van der Waals surface area contributed by atoms with Gasteiger partial charge in [-0.1, -0.05) is 12.1 Å². The molecule has 0 aliphatic heterocycles. The van der Waals surface area contributed by atoms with Crippen molar-refractivity contribution >= 4 is 11.3 Å². The van der Waals surface area contributed by atoms with E-state index in [9.17, 15) is 0 Å². The first-order valence-corrected chi connectivity index (χ1v) is 5.12. The van der Waals surface area contributed by atoms with E-state index in [-0.39, 0.29) is 0 Å². The van der Waals surface area contributed by atoms with E-state index in [2.05, 4.69) is 42.4 Å². The number of aryl methyl sites for hydroxylation is 2. The van der Waals surface area contributed by atoms with Crippen LogP contribution in [0.15, 0.2) is 29.8 Å². The zero-order valence-electron chi connectivity index (χ0n) is 7.74. The molecule has 2 aromatic rings. The number of hydrogen-bond donors (Lipinski definition) is 0. The lowest BCUT2D eigenvalue weighted by molar-refractivity contribution is 1.23. The molecule has 0 aromatic carbocycles. The molecule has 0 spiro atoms. The molecule has 0 saturated carbocycles. The Hall–Kier alpha value is -1.15. The summed E-state index contributed by atoms with van der Waals surface area (Å²) >= 11 is 1.73. The minimum atomic E-state index is 1.11. The molecule has 0 fully saturated rings. The van der Waals surface area contributed by atoms with Crippen LogP contribution in [0, 0.1) is 13.8 Å². The summed E-state index contributed by atoms with van der Waals surface area (Å²) in [4.78, 5) is 5.68. The Morgan fingerprint density at radius 2 is 2.15 bits per heavy atom. The predicted octanol–water partition coefficient (Wildman–Crippen LogP) is 3.43. The third kappa shape index (κ3) is 1.63. The monoisotopic (exact) mass is 189 g/mol. The standard InChI is InChI=1S/C11H11NS/c1-8-6-9(2)11(12-7-8)10-4-3-5-13-10/h3-7H,1-2H3. The zero-order chi connectivity index (χ0) is 9.26. The second-order valence-corrected chi connectivity index (χ2v) is 4.10. The molecule has 0 saturated heterocycles. The van der Waals surface area contributed by atoms with Gasteiger partial charge in [-0.2, -0.15) is 0 Å². The third-order valence-electron chi connectivity index (χ3n) is 1.97. The Bertz CT molecular complexity index is 404. The molecular weight excluding hydrogens is 178 g/mol. The SMILES string of the molecule is Cc1cnc(-c2cccs2)c(C)c1. The van der Waals surface area contributed by atoms with Crippen LogP contribution in [0.1, 0.15) is 11.1 Å². The number of rotatable bonds is 1. The van der Waals surface area contributed by atoms with Crippen molar-refractivity contribution in [2.24, 2.45) is 0 Å². The van der Waals surface area contributed by atoms with Crippen LogP contribution in [0.4, 0.5) is 0 Å². The van der Waals surface area contributed by atoms with Gasteiger partial charge in [0.1, 0.15) is 0 Å². The molecule has 2 rings (SSSR count). The van der Waals surface area contributed by atoms with E-state index in [1.165, 1.54) is 16.0 Å². The quantitative estimate of drug-likeness (QED) is 0.669. The van der Waals surface area contributed by atoms with Crippen molar-refractivity contribution in [3.8, 4) is 10.6 Å². The van der Waals surface area contributed by atoms with Crippen molar-refractivity contribution in [2.45, 2.75) is 13.8 Å². The van der Waals surface area contributed by atoms with Gasteiger partial charge >= 0.3 is 0 Å². The lowest BCUT2D eigenvalue weighted by Crippen LogP contribution is -1.86. The normalized spacial score (nSPS) is 10.3. The van der Waals surface area contributed by atoms with Crippen LogP contribution in [0.25, 0.3) is 10.6 Å². The van der Waals surface area contributed by atoms with Crippen LogP contribution in [-0.4, -0.2) is 4.98 Å². The van der Waals surface area contributed by atoms with E-state index in [1.807, 2.05) is 6.20 Å². The highest BCUT2D eigenvalue weighted by Crippen LogP contribution is 2.25. The first kappa shape index (κ1) is 8.45. The second kappa shape index (κ2) is 3.30. The summed E-state index contributed by atoms with van der Waals surface area (Å²) in [6.45, 7) is 4.17. The van der Waals surface area contributed by atoms with Crippen LogP contribution in [-0.2, 0) is 0 Å². The molecule has 1 nitrogen and oxygen atoms in total. The Kier molecular flexibility index (Phi) is 2.15. The number of aromatic nitrogens is 1. The summed E-state index contributed by atoms with van der Waals surface area (Å²) in [6.07, 6.45) is 1.92. The van der Waals surface area contributed by atoms with E-state index in [0.29, 0.717) is 0 Å². The molecule has 2 heteroatoms. The Labute approximate surface area is 82.1 Å². The summed E-state index contributed by atoms with van der Waals surface area (Å²) in [5, 5.41) is 2.08. The molecule has 0 atom stereocenters. The van der Waals surface area contributed by atoms with Crippen molar-refractivity contribution in [3.63, 3.8) is 0 Å². The highest BCUT2D eigenvalue weighted by atomic mass is 32.1. The summed E-state index contributed by atoms with van der Waals surface area (Å²) in [6, 6.07) is 6.33. The minimum Gasteiger partial charge on any atom is -0.255 e. The smallest absolute Gasteiger partial charge is 0.0830 e. The van der Waals surface area contributed by atoms with Crippen LogP contribution in [0.5, 0.6) is 0 Å². The van der Waals surface area contributed by atoms with Crippen molar-refractivity contribution in [1.29, 1.82) is 0 Å². The summed E-state index contributed by atoms with van der Waals surface area (Å²) in [7, 11) is 0. The van der Waals surface area contributed by atoms with Gasteiger partial charge in [0.2, 0.25) is 0 Å². The van der Waals surface area contributed by atoms with Crippen LogP contribution in [0.3, 0.4) is 0 Å². The minimum absolute atomic E-state index is 1.11. The van der Waals surface area contributed by atoms with E-state index in [1.54, 1.807) is 11.3 Å². The molecule has 0 unspecified atom stereocenters. The fourth-order valence-electron chi connectivity index (χ4n) is 1.39. The maximum absolute atomic E-state index is 4.43. The van der Waals surface area contributed by atoms with Crippen LogP contribution >= 0.6 is 11.3 Å². The molecule has 66 valence electrons. The first-order valence-electron chi connectivity index (χ1n) is 4.24. The molecule has 0 radical (unpaired) electrons. The Balaban J connectivity index is 2.53. The van der Waals surface area contributed by atoms with E-state index in [4.69, 9.17) is 0 Å². The molecule has 2 aromatic heterocycles. The van der Waals surface area contributed by atoms with Crippen molar-refractivity contribution in [2.75, 3.05) is 0 Å². The van der Waals surface area contributed by atoms with Gasteiger partial charge in [-0.3, -0.25) is 4.98 Å². The number of hydrogen-bond acceptors (Lipinski definition) is 2. The molecular formula is C11H11NS. The van der Waals surface area contributed by atoms with Gasteiger partial charge in [0, 0.05) is 6.20 Å². The van der Waals surface area contributed by atoms with Crippen LogP contribution < -0.4 is 0 Å².